The molecule has 3 rings (SSSR count). The number of benzene rings is 2. The molecule has 1 heterocycles. The molecule has 1 N–H and O–H groups in total. The normalized spacial score (nSPS) is 20.5. The monoisotopic (exact) mass is 482 g/mol. The second-order valence-corrected chi connectivity index (χ2v) is 11.0. The summed E-state index contributed by atoms with van der Waals surface area (Å²) < 4.78 is 32.8. The molecule has 1 aliphatic rings. The Kier molecular flexibility index (Phi) is 7.90. The van der Waals surface area contributed by atoms with Gasteiger partial charge in [-0.3, -0.25) is 4.79 Å². The van der Waals surface area contributed by atoms with Gasteiger partial charge in [0.15, 0.2) is 0 Å². The molecular weight excluding hydrogens is 456 g/mol. The van der Waals surface area contributed by atoms with Crippen molar-refractivity contribution in [2.24, 2.45) is 0 Å². The Morgan fingerprint density at radius 2 is 1.97 bits per heavy atom. The predicted molar refractivity (Wildman–Crippen MR) is 126 cm³/mol. The van der Waals surface area contributed by atoms with Crippen molar-refractivity contribution in [2.45, 2.75) is 35.1 Å². The maximum absolute atomic E-state index is 13.4. The number of hydrogen-bond donors (Lipinski definition) is 2. The number of hydrogen-bond acceptors (Lipinski definition) is 7. The number of rotatable bonds is 8. The standard InChI is InChI=1S/C21H26N2O5S3/c1-28-21(25)18(9-10-30-2)22-20(24)19-12-16(29)13-23(19)31(26,27)17-8-7-14-5-3-4-6-15(14)11-17/h3-8,11,16,18-19,29H,9-10,12-13H2,1-2H3,(H,22,24)/t16-,18-,19-/m0/s1. The minimum absolute atomic E-state index is 0.115. The summed E-state index contributed by atoms with van der Waals surface area (Å²) in [7, 11) is -2.67. The molecule has 1 amide bonds. The van der Waals surface area contributed by atoms with Crippen LogP contribution in [-0.2, 0) is 24.3 Å². The third-order valence-electron chi connectivity index (χ3n) is 5.28. The van der Waals surface area contributed by atoms with Crippen LogP contribution in [0.4, 0.5) is 0 Å². The van der Waals surface area contributed by atoms with Gasteiger partial charge >= 0.3 is 5.97 Å². The van der Waals surface area contributed by atoms with Gasteiger partial charge < -0.3 is 10.1 Å². The van der Waals surface area contributed by atoms with Crippen LogP contribution < -0.4 is 5.32 Å². The lowest BCUT2D eigenvalue weighted by Gasteiger charge is -2.25. The van der Waals surface area contributed by atoms with Gasteiger partial charge in [0.25, 0.3) is 0 Å². The van der Waals surface area contributed by atoms with Gasteiger partial charge in [-0.05, 0) is 47.8 Å². The van der Waals surface area contributed by atoms with Crippen LogP contribution in [-0.4, -0.2) is 67.6 Å². The molecule has 10 heteroatoms. The van der Waals surface area contributed by atoms with E-state index in [1.54, 1.807) is 30.0 Å². The maximum atomic E-state index is 13.4. The summed E-state index contributed by atoms with van der Waals surface area (Å²) in [5.41, 5.74) is 0. The second kappa shape index (κ2) is 10.2. The molecular formula is C21H26N2O5S3. The van der Waals surface area contributed by atoms with E-state index in [0.717, 1.165) is 10.8 Å². The van der Waals surface area contributed by atoms with Crippen LogP contribution in [0.2, 0.25) is 0 Å². The van der Waals surface area contributed by atoms with Crippen LogP contribution >= 0.6 is 24.4 Å². The van der Waals surface area contributed by atoms with Gasteiger partial charge in [0, 0.05) is 11.8 Å². The van der Waals surface area contributed by atoms with Crippen LogP contribution in [0.5, 0.6) is 0 Å². The van der Waals surface area contributed by atoms with Gasteiger partial charge in [-0.1, -0.05) is 30.3 Å². The van der Waals surface area contributed by atoms with Gasteiger partial charge in [0.2, 0.25) is 15.9 Å². The summed E-state index contributed by atoms with van der Waals surface area (Å²) in [6.07, 6.45) is 2.56. The highest BCUT2D eigenvalue weighted by molar-refractivity contribution is 7.98. The van der Waals surface area contributed by atoms with Gasteiger partial charge in [0.1, 0.15) is 12.1 Å². The van der Waals surface area contributed by atoms with Crippen molar-refractivity contribution in [2.75, 3.05) is 25.7 Å². The molecule has 2 aromatic carbocycles. The zero-order valence-electron chi connectivity index (χ0n) is 17.4. The van der Waals surface area contributed by atoms with Crippen LogP contribution in [0, 0.1) is 0 Å². The summed E-state index contributed by atoms with van der Waals surface area (Å²) in [6, 6.07) is 10.6. The van der Waals surface area contributed by atoms with E-state index < -0.39 is 34.0 Å². The molecule has 1 saturated heterocycles. The number of fused-ring (bicyclic) bond motifs is 1. The molecule has 168 valence electrons. The van der Waals surface area contributed by atoms with Crippen LogP contribution in [0.25, 0.3) is 10.8 Å². The fourth-order valence-corrected chi connectivity index (χ4v) is 6.28. The van der Waals surface area contributed by atoms with Crippen molar-refractivity contribution in [3.05, 3.63) is 42.5 Å². The van der Waals surface area contributed by atoms with E-state index in [9.17, 15) is 18.0 Å². The quantitative estimate of drug-likeness (QED) is 0.443. The van der Waals surface area contributed by atoms with Crippen molar-refractivity contribution < 1.29 is 22.7 Å². The summed E-state index contributed by atoms with van der Waals surface area (Å²) in [4.78, 5) is 25.2. The Morgan fingerprint density at radius 3 is 2.65 bits per heavy atom. The Labute approximate surface area is 192 Å². The highest BCUT2D eigenvalue weighted by Crippen LogP contribution is 2.30. The predicted octanol–water partition coefficient (Wildman–Crippen LogP) is 2.31. The molecule has 1 aliphatic heterocycles. The Balaban J connectivity index is 1.86. The third-order valence-corrected chi connectivity index (χ3v) is 8.17. The van der Waals surface area contributed by atoms with Gasteiger partial charge in [-0.25, -0.2) is 13.2 Å². The average molecular weight is 483 g/mol. The highest BCUT2D eigenvalue weighted by atomic mass is 32.2. The van der Waals surface area contributed by atoms with Gasteiger partial charge in [-0.2, -0.15) is 28.7 Å². The number of ether oxygens (including phenoxy) is 1. The van der Waals surface area contributed by atoms with E-state index in [1.807, 2.05) is 30.5 Å². The molecule has 2 aromatic rings. The Hall–Kier alpha value is -1.75. The van der Waals surface area contributed by atoms with E-state index in [-0.39, 0.29) is 23.1 Å². The van der Waals surface area contributed by atoms with Gasteiger partial charge in [-0.15, -0.1) is 0 Å². The number of esters is 1. The van der Waals surface area contributed by atoms with E-state index in [2.05, 4.69) is 17.9 Å². The lowest BCUT2D eigenvalue weighted by atomic mass is 10.1. The summed E-state index contributed by atoms with van der Waals surface area (Å²) in [5, 5.41) is 4.13. The lowest BCUT2D eigenvalue weighted by Crippen LogP contribution is -2.51. The number of nitrogens with one attached hydrogen (secondary N) is 1. The van der Waals surface area contributed by atoms with Crippen LogP contribution in [0.15, 0.2) is 47.4 Å². The van der Waals surface area contributed by atoms with E-state index in [4.69, 9.17) is 4.74 Å². The van der Waals surface area contributed by atoms with E-state index >= 15 is 0 Å². The minimum atomic E-state index is -3.93. The fourth-order valence-electron chi connectivity index (χ4n) is 3.65. The highest BCUT2D eigenvalue weighted by Gasteiger charge is 2.43. The zero-order chi connectivity index (χ0) is 22.6. The Morgan fingerprint density at radius 1 is 1.26 bits per heavy atom. The molecule has 31 heavy (non-hydrogen) atoms. The first-order valence-electron chi connectivity index (χ1n) is 9.83. The molecule has 0 aromatic heterocycles. The number of carbonyl (C=O) groups excluding carboxylic acids is 2. The largest absolute Gasteiger partial charge is 0.467 e. The number of amides is 1. The first-order valence-corrected chi connectivity index (χ1v) is 13.2. The number of sulfonamides is 1. The van der Waals surface area contributed by atoms with Crippen molar-refractivity contribution in [1.82, 2.24) is 9.62 Å². The lowest BCUT2D eigenvalue weighted by molar-refractivity contribution is -0.145. The molecule has 0 spiro atoms. The molecule has 0 radical (unpaired) electrons. The topological polar surface area (TPSA) is 92.8 Å². The molecule has 3 atom stereocenters. The summed E-state index contributed by atoms with van der Waals surface area (Å²) in [5.74, 6) is -0.414. The molecule has 0 saturated carbocycles. The van der Waals surface area contributed by atoms with Crippen molar-refractivity contribution in [3.8, 4) is 0 Å². The average Bonchev–Trinajstić information content (AvgIpc) is 3.18. The first-order chi connectivity index (χ1) is 14.8. The van der Waals surface area contributed by atoms with Crippen molar-refractivity contribution in [3.63, 3.8) is 0 Å². The van der Waals surface area contributed by atoms with Crippen LogP contribution in [0.1, 0.15) is 12.8 Å². The molecule has 0 unspecified atom stereocenters. The number of methoxy groups -OCH3 is 1. The number of thiol groups is 1. The number of thioether (sulfide) groups is 1. The van der Waals surface area contributed by atoms with E-state index in [1.165, 1.54) is 11.4 Å². The molecule has 1 fully saturated rings. The summed E-state index contributed by atoms with van der Waals surface area (Å²) >= 11 is 5.98. The van der Waals surface area contributed by atoms with Crippen molar-refractivity contribution >= 4 is 57.1 Å². The minimum Gasteiger partial charge on any atom is -0.467 e. The first kappa shape index (κ1) is 23.9. The Bertz CT molecular complexity index is 1060. The number of nitrogens with zero attached hydrogens (tertiary/aromatic N) is 1. The zero-order valence-corrected chi connectivity index (χ0v) is 19.9. The van der Waals surface area contributed by atoms with Gasteiger partial charge in [0.05, 0.1) is 12.0 Å². The summed E-state index contributed by atoms with van der Waals surface area (Å²) in [6.45, 7) is 0.115. The van der Waals surface area contributed by atoms with Crippen molar-refractivity contribution in [1.29, 1.82) is 0 Å². The fraction of sp³-hybridized carbons (Fsp3) is 0.429. The van der Waals surface area contributed by atoms with Crippen LogP contribution in [0.3, 0.4) is 0 Å². The number of carbonyl (C=O) groups is 2. The maximum Gasteiger partial charge on any atom is 0.328 e. The van der Waals surface area contributed by atoms with E-state index in [0.29, 0.717) is 12.2 Å². The molecule has 7 nitrogen and oxygen atoms in total. The molecule has 0 aliphatic carbocycles. The smallest absolute Gasteiger partial charge is 0.328 e. The SMILES string of the molecule is COC(=O)[C@H](CCSC)NC(=O)[C@@H]1C[C@H](S)CN1S(=O)(=O)c1ccc2ccccc2c1. The molecule has 0 bridgehead atoms. The second-order valence-electron chi connectivity index (χ2n) is 7.35. The third kappa shape index (κ3) is 5.36.